The van der Waals surface area contributed by atoms with Crippen molar-refractivity contribution >= 4 is 28.2 Å². The van der Waals surface area contributed by atoms with Gasteiger partial charge >= 0.3 is 0 Å². The van der Waals surface area contributed by atoms with Gasteiger partial charge in [0.15, 0.2) is 0 Å². The van der Waals surface area contributed by atoms with Gasteiger partial charge in [-0.3, -0.25) is 14.7 Å². The van der Waals surface area contributed by atoms with E-state index in [4.69, 9.17) is 4.74 Å². The number of alkyl halides is 1. The van der Waals surface area contributed by atoms with Gasteiger partial charge in [0.25, 0.3) is 0 Å². The van der Waals surface area contributed by atoms with Crippen molar-refractivity contribution in [3.63, 3.8) is 0 Å². The zero-order valence-electron chi connectivity index (χ0n) is 20.8. The second kappa shape index (κ2) is 9.09. The van der Waals surface area contributed by atoms with Crippen LogP contribution in [0.1, 0.15) is 30.5 Å². The molecule has 0 spiro atoms. The summed E-state index contributed by atoms with van der Waals surface area (Å²) in [4.78, 5) is 26.3. The third-order valence-corrected chi connectivity index (χ3v) is 8.16. The Balaban J connectivity index is 1.15. The van der Waals surface area contributed by atoms with Crippen molar-refractivity contribution in [3.05, 3.63) is 60.0 Å². The number of pyridine rings is 2. The summed E-state index contributed by atoms with van der Waals surface area (Å²) < 4.78 is 19.9. The van der Waals surface area contributed by atoms with Crippen LogP contribution in [0, 0.1) is 12.8 Å². The predicted octanol–water partition coefficient (Wildman–Crippen LogP) is 3.93. The summed E-state index contributed by atoms with van der Waals surface area (Å²) >= 11 is 0. The van der Waals surface area contributed by atoms with Crippen LogP contribution in [0.5, 0.6) is 0 Å². The van der Waals surface area contributed by atoms with Gasteiger partial charge in [0, 0.05) is 67.2 Å². The summed E-state index contributed by atoms with van der Waals surface area (Å²) in [6.07, 6.45) is 3.47. The highest BCUT2D eigenvalue weighted by Crippen LogP contribution is 2.47. The van der Waals surface area contributed by atoms with Crippen LogP contribution in [-0.2, 0) is 9.53 Å². The lowest BCUT2D eigenvalue weighted by molar-refractivity contribution is -0.117. The highest BCUT2D eigenvalue weighted by Gasteiger charge is 2.46. The maximum Gasteiger partial charge on any atom is 0.229 e. The highest BCUT2D eigenvalue weighted by molar-refractivity contribution is 5.97. The molecule has 0 unspecified atom stereocenters. The summed E-state index contributed by atoms with van der Waals surface area (Å²) in [5.74, 6) is 0.696. The molecule has 2 aliphatic heterocycles. The summed E-state index contributed by atoms with van der Waals surface area (Å²) in [5, 5.41) is 5.09. The van der Waals surface area contributed by atoms with E-state index in [0.717, 1.165) is 49.1 Å². The number of hydrogen-bond acceptors (Lipinski definition) is 6. The quantitative estimate of drug-likeness (QED) is 0.586. The number of carbonyl (C=O) groups is 1. The highest BCUT2D eigenvalue weighted by atomic mass is 19.1. The van der Waals surface area contributed by atoms with Gasteiger partial charge in [0.2, 0.25) is 5.91 Å². The zero-order valence-corrected chi connectivity index (χ0v) is 20.8. The minimum Gasteiger partial charge on any atom is -0.376 e. The molecule has 3 aromatic rings. The van der Waals surface area contributed by atoms with Crippen LogP contribution in [0.3, 0.4) is 0 Å². The number of amides is 1. The van der Waals surface area contributed by atoms with Gasteiger partial charge in [-0.1, -0.05) is 6.07 Å². The van der Waals surface area contributed by atoms with E-state index in [2.05, 4.69) is 44.1 Å². The Kier molecular flexibility index (Phi) is 5.88. The van der Waals surface area contributed by atoms with E-state index in [1.165, 1.54) is 11.3 Å². The Morgan fingerprint density at radius 2 is 1.97 bits per heavy atom. The number of anilines is 2. The third kappa shape index (κ3) is 4.22. The maximum atomic E-state index is 14.5. The smallest absolute Gasteiger partial charge is 0.229 e. The first kappa shape index (κ1) is 23.3. The maximum absolute atomic E-state index is 14.5. The SMILES string of the molecule is Cc1cc2cnc(NC(=O)[C@@H]3C[C@H]3c3ccccn3)cc2cc1N1CCN([C@]2(C)COC[C@@H]2F)CC1. The van der Waals surface area contributed by atoms with Gasteiger partial charge in [-0.25, -0.2) is 9.37 Å². The number of carbonyl (C=O) groups excluding carboxylic acids is 1. The van der Waals surface area contributed by atoms with Gasteiger partial charge in [-0.15, -0.1) is 0 Å². The number of nitrogens with zero attached hydrogens (tertiary/aromatic N) is 4. The molecule has 1 saturated carbocycles. The molecule has 7 nitrogen and oxygen atoms in total. The van der Waals surface area contributed by atoms with Crippen LogP contribution >= 0.6 is 0 Å². The topological polar surface area (TPSA) is 70.6 Å². The summed E-state index contributed by atoms with van der Waals surface area (Å²) in [5.41, 5.74) is 2.80. The lowest BCUT2D eigenvalue weighted by Crippen LogP contribution is -2.59. The lowest BCUT2D eigenvalue weighted by Gasteiger charge is -2.45. The average Bonchev–Trinajstić information content (AvgIpc) is 3.63. The molecule has 0 bridgehead atoms. The van der Waals surface area contributed by atoms with Gasteiger partial charge in [0.05, 0.1) is 18.8 Å². The Morgan fingerprint density at radius 1 is 1.14 bits per heavy atom. The first-order valence-corrected chi connectivity index (χ1v) is 12.8. The molecule has 4 atom stereocenters. The molecule has 1 amide bonds. The second-order valence-electron chi connectivity index (χ2n) is 10.6. The fraction of sp³-hybridized carbons (Fsp3) is 0.464. The van der Waals surface area contributed by atoms with E-state index in [1.54, 1.807) is 6.20 Å². The van der Waals surface area contributed by atoms with Gasteiger partial charge in [-0.05, 0) is 61.5 Å². The normalized spacial score (nSPS) is 28.4. The van der Waals surface area contributed by atoms with Crippen LogP contribution in [0.25, 0.3) is 10.8 Å². The van der Waals surface area contributed by atoms with Crippen LogP contribution in [0.15, 0.2) is 48.8 Å². The van der Waals surface area contributed by atoms with E-state index in [1.807, 2.05) is 37.4 Å². The summed E-state index contributed by atoms with van der Waals surface area (Å²) in [6, 6.07) is 12.1. The predicted molar refractivity (Wildman–Crippen MR) is 138 cm³/mol. The van der Waals surface area contributed by atoms with E-state index in [0.29, 0.717) is 12.4 Å². The summed E-state index contributed by atoms with van der Waals surface area (Å²) in [7, 11) is 0. The fourth-order valence-corrected chi connectivity index (χ4v) is 5.72. The third-order valence-electron chi connectivity index (χ3n) is 8.16. The second-order valence-corrected chi connectivity index (χ2v) is 10.6. The van der Waals surface area contributed by atoms with Crippen LogP contribution < -0.4 is 10.2 Å². The lowest BCUT2D eigenvalue weighted by atomic mass is 9.96. The van der Waals surface area contributed by atoms with E-state index in [-0.39, 0.29) is 24.3 Å². The van der Waals surface area contributed by atoms with Crippen molar-refractivity contribution in [2.24, 2.45) is 5.92 Å². The van der Waals surface area contributed by atoms with Crippen molar-refractivity contribution in [2.45, 2.75) is 37.9 Å². The van der Waals surface area contributed by atoms with Crippen LogP contribution in [0.4, 0.5) is 15.9 Å². The number of aryl methyl sites for hydroxylation is 1. The van der Waals surface area contributed by atoms with Crippen LogP contribution in [-0.4, -0.2) is 71.9 Å². The summed E-state index contributed by atoms with van der Waals surface area (Å²) in [6.45, 7) is 8.00. The van der Waals surface area contributed by atoms with Crippen molar-refractivity contribution in [1.82, 2.24) is 14.9 Å². The number of ether oxygens (including phenoxy) is 1. The number of aromatic nitrogens is 2. The Hall–Kier alpha value is -3.10. The minimum absolute atomic E-state index is 0.00323. The Bertz CT molecular complexity index is 1280. The molecule has 36 heavy (non-hydrogen) atoms. The van der Waals surface area contributed by atoms with Gasteiger partial charge < -0.3 is 15.0 Å². The molecule has 2 saturated heterocycles. The average molecular weight is 490 g/mol. The Morgan fingerprint density at radius 3 is 2.69 bits per heavy atom. The molecule has 1 N–H and O–H groups in total. The number of fused-ring (bicyclic) bond motifs is 1. The molecule has 1 aromatic carbocycles. The monoisotopic (exact) mass is 489 g/mol. The molecule has 188 valence electrons. The molecular weight excluding hydrogens is 457 g/mol. The molecule has 6 rings (SSSR count). The first-order chi connectivity index (χ1) is 17.4. The van der Waals surface area contributed by atoms with Crippen molar-refractivity contribution in [2.75, 3.05) is 49.6 Å². The fourth-order valence-electron chi connectivity index (χ4n) is 5.72. The molecule has 1 aliphatic carbocycles. The number of halogens is 1. The molecule has 3 aliphatic rings. The Labute approximate surface area is 210 Å². The van der Waals surface area contributed by atoms with Crippen molar-refractivity contribution < 1.29 is 13.9 Å². The van der Waals surface area contributed by atoms with Crippen molar-refractivity contribution in [1.29, 1.82) is 0 Å². The molecule has 4 heterocycles. The van der Waals surface area contributed by atoms with Crippen LogP contribution in [0.2, 0.25) is 0 Å². The number of piperazine rings is 1. The van der Waals surface area contributed by atoms with Gasteiger partial charge in [0.1, 0.15) is 12.0 Å². The molecule has 2 aromatic heterocycles. The molecule has 8 heteroatoms. The number of hydrogen-bond donors (Lipinski definition) is 1. The number of nitrogens with one attached hydrogen (secondary N) is 1. The number of benzene rings is 1. The molecule has 0 radical (unpaired) electrons. The van der Waals surface area contributed by atoms with Crippen molar-refractivity contribution in [3.8, 4) is 0 Å². The van der Waals surface area contributed by atoms with Gasteiger partial charge in [-0.2, -0.15) is 0 Å². The molecular formula is C28H32FN5O2. The van der Waals surface area contributed by atoms with E-state index in [9.17, 15) is 9.18 Å². The standard InChI is InChI=1S/C28H32FN5O2/c1-18-11-20-15-31-26(32-27(35)22-14-21(22)23-5-3-4-6-30-23)13-19(20)12-24(18)33-7-9-34(10-8-33)28(2)17-36-16-25(28)29/h3-6,11-13,15,21-22,25H,7-10,14,16-17H2,1-2H3,(H,31,32,35)/t21-,22-,25+,28-/m1/s1. The molecule has 3 fully saturated rings. The number of rotatable bonds is 5. The minimum atomic E-state index is -0.942. The van der Waals surface area contributed by atoms with E-state index < -0.39 is 11.7 Å². The zero-order chi connectivity index (χ0) is 24.9. The first-order valence-electron chi connectivity index (χ1n) is 12.8. The van der Waals surface area contributed by atoms with E-state index >= 15 is 0 Å². The largest absolute Gasteiger partial charge is 0.376 e.